The first kappa shape index (κ1) is 13.5. The van der Waals surface area contributed by atoms with E-state index in [1.54, 1.807) is 22.8 Å². The molecule has 3 rings (SSSR count). The Balaban J connectivity index is 2.25. The zero-order valence-corrected chi connectivity index (χ0v) is 11.4. The Morgan fingerprint density at radius 2 is 1.95 bits per heavy atom. The van der Waals surface area contributed by atoms with E-state index in [9.17, 15) is 14.5 Å². The third-order valence-corrected chi connectivity index (χ3v) is 3.36. The number of fused-ring (bicyclic) bond motifs is 1. The Hall–Kier alpha value is -2.47. The molecule has 0 atom stereocenters. The highest BCUT2D eigenvalue weighted by molar-refractivity contribution is 6.17. The molecule has 3 aromatic rings. The Morgan fingerprint density at radius 1 is 1.24 bits per heavy atom. The summed E-state index contributed by atoms with van der Waals surface area (Å²) in [6, 6.07) is 10.3. The Kier molecular flexibility index (Phi) is 3.31. The van der Waals surface area contributed by atoms with E-state index in [1.165, 1.54) is 24.3 Å². The minimum absolute atomic E-state index is 0.0348. The number of alkyl halides is 1. The first-order valence-corrected chi connectivity index (χ1v) is 6.61. The minimum Gasteiger partial charge on any atom is -0.295 e. The van der Waals surface area contributed by atoms with Crippen LogP contribution >= 0.6 is 11.6 Å². The molecule has 0 aliphatic heterocycles. The molecule has 5 nitrogen and oxygen atoms in total. The SMILES string of the molecule is O=[N+]([O-])c1ccc2c(c1)nc(CCl)n2-c1ccc(F)cc1. The van der Waals surface area contributed by atoms with Crippen LogP contribution in [0.2, 0.25) is 0 Å². The molecule has 0 amide bonds. The lowest BCUT2D eigenvalue weighted by molar-refractivity contribution is -0.384. The average molecular weight is 306 g/mol. The average Bonchev–Trinajstić information content (AvgIpc) is 2.85. The molecule has 0 saturated carbocycles. The number of non-ortho nitro benzene ring substituents is 1. The molecular formula is C14H9ClFN3O2. The highest BCUT2D eigenvalue weighted by Crippen LogP contribution is 2.26. The van der Waals surface area contributed by atoms with E-state index >= 15 is 0 Å². The minimum atomic E-state index is -0.475. The molecule has 0 aliphatic carbocycles. The first-order chi connectivity index (χ1) is 10.1. The van der Waals surface area contributed by atoms with E-state index < -0.39 is 4.92 Å². The van der Waals surface area contributed by atoms with Crippen LogP contribution in [0.25, 0.3) is 16.7 Å². The fourth-order valence-electron chi connectivity index (χ4n) is 2.20. The van der Waals surface area contributed by atoms with Crippen LogP contribution in [-0.2, 0) is 5.88 Å². The molecular weight excluding hydrogens is 297 g/mol. The van der Waals surface area contributed by atoms with Gasteiger partial charge in [0.2, 0.25) is 0 Å². The molecule has 106 valence electrons. The molecule has 21 heavy (non-hydrogen) atoms. The Labute approximate surface area is 123 Å². The van der Waals surface area contributed by atoms with E-state index in [-0.39, 0.29) is 17.4 Å². The van der Waals surface area contributed by atoms with Gasteiger partial charge in [-0.25, -0.2) is 9.37 Å². The van der Waals surface area contributed by atoms with Crippen LogP contribution in [0.15, 0.2) is 42.5 Å². The van der Waals surface area contributed by atoms with Crippen LogP contribution in [0.5, 0.6) is 0 Å². The van der Waals surface area contributed by atoms with Gasteiger partial charge in [0.1, 0.15) is 11.6 Å². The van der Waals surface area contributed by atoms with Crippen molar-refractivity contribution >= 4 is 28.3 Å². The monoisotopic (exact) mass is 305 g/mol. The van der Waals surface area contributed by atoms with Crippen molar-refractivity contribution in [1.29, 1.82) is 0 Å². The van der Waals surface area contributed by atoms with Gasteiger partial charge in [0.05, 0.1) is 21.8 Å². The van der Waals surface area contributed by atoms with Crippen molar-refractivity contribution < 1.29 is 9.31 Å². The summed E-state index contributed by atoms with van der Waals surface area (Å²) in [6.45, 7) is 0. The Bertz CT molecular complexity index is 830. The summed E-state index contributed by atoms with van der Waals surface area (Å²) >= 11 is 5.90. The van der Waals surface area contributed by atoms with Gasteiger partial charge in [0, 0.05) is 17.8 Å². The van der Waals surface area contributed by atoms with E-state index in [0.717, 1.165) is 0 Å². The zero-order valence-electron chi connectivity index (χ0n) is 10.7. The number of nitro benzene ring substituents is 1. The third-order valence-electron chi connectivity index (χ3n) is 3.12. The first-order valence-electron chi connectivity index (χ1n) is 6.08. The van der Waals surface area contributed by atoms with E-state index in [2.05, 4.69) is 4.98 Å². The molecule has 0 spiro atoms. The number of halogens is 2. The predicted octanol–water partition coefficient (Wildman–Crippen LogP) is 3.81. The predicted molar refractivity (Wildman–Crippen MR) is 77.2 cm³/mol. The van der Waals surface area contributed by atoms with E-state index in [0.29, 0.717) is 22.5 Å². The molecule has 0 unspecified atom stereocenters. The summed E-state index contributed by atoms with van der Waals surface area (Å²) in [5.41, 5.74) is 1.82. The molecule has 0 radical (unpaired) electrons. The van der Waals surface area contributed by atoms with Crippen LogP contribution in [-0.4, -0.2) is 14.5 Å². The lowest BCUT2D eigenvalue weighted by atomic mass is 10.2. The van der Waals surface area contributed by atoms with Gasteiger partial charge in [-0.2, -0.15) is 0 Å². The van der Waals surface area contributed by atoms with Crippen molar-refractivity contribution in [1.82, 2.24) is 9.55 Å². The molecule has 1 heterocycles. The van der Waals surface area contributed by atoms with Gasteiger partial charge in [-0.15, -0.1) is 11.6 Å². The maximum Gasteiger partial charge on any atom is 0.271 e. The quantitative estimate of drug-likeness (QED) is 0.420. The van der Waals surface area contributed by atoms with Crippen molar-refractivity contribution in [3.63, 3.8) is 0 Å². The van der Waals surface area contributed by atoms with Gasteiger partial charge in [-0.05, 0) is 30.3 Å². The molecule has 7 heteroatoms. The molecule has 0 bridgehead atoms. The Morgan fingerprint density at radius 3 is 2.57 bits per heavy atom. The van der Waals surface area contributed by atoms with Gasteiger partial charge < -0.3 is 0 Å². The highest BCUT2D eigenvalue weighted by atomic mass is 35.5. The summed E-state index contributed by atoms with van der Waals surface area (Å²) in [6.07, 6.45) is 0. The van der Waals surface area contributed by atoms with Gasteiger partial charge in [0.25, 0.3) is 5.69 Å². The van der Waals surface area contributed by atoms with E-state index in [4.69, 9.17) is 11.6 Å². The largest absolute Gasteiger partial charge is 0.295 e. The lowest BCUT2D eigenvalue weighted by Crippen LogP contribution is -1.99. The summed E-state index contributed by atoms with van der Waals surface area (Å²) in [5.74, 6) is 0.338. The molecule has 1 aromatic heterocycles. The van der Waals surface area contributed by atoms with Gasteiger partial charge in [0.15, 0.2) is 0 Å². The highest BCUT2D eigenvalue weighted by Gasteiger charge is 2.15. The van der Waals surface area contributed by atoms with Crippen molar-refractivity contribution in [2.45, 2.75) is 5.88 Å². The van der Waals surface area contributed by atoms with Crippen molar-refractivity contribution in [2.24, 2.45) is 0 Å². The van der Waals surface area contributed by atoms with Crippen LogP contribution in [0.1, 0.15) is 5.82 Å². The number of benzene rings is 2. The maximum absolute atomic E-state index is 13.0. The standard InChI is InChI=1S/C14H9ClFN3O2/c15-8-14-17-12-7-11(19(20)21)5-6-13(12)18(14)10-3-1-9(16)2-4-10/h1-7H,8H2. The van der Waals surface area contributed by atoms with Crippen LogP contribution in [0, 0.1) is 15.9 Å². The molecule has 0 saturated heterocycles. The van der Waals surface area contributed by atoms with E-state index in [1.807, 2.05) is 0 Å². The summed E-state index contributed by atoms with van der Waals surface area (Å²) in [5, 5.41) is 10.8. The van der Waals surface area contributed by atoms with Crippen LogP contribution in [0.3, 0.4) is 0 Å². The number of aromatic nitrogens is 2. The van der Waals surface area contributed by atoms with Crippen molar-refractivity contribution in [3.05, 3.63) is 64.2 Å². The summed E-state index contributed by atoms with van der Waals surface area (Å²) in [4.78, 5) is 14.6. The third kappa shape index (κ3) is 2.34. The second kappa shape index (κ2) is 5.14. The second-order valence-electron chi connectivity index (χ2n) is 4.40. The number of hydrogen-bond acceptors (Lipinski definition) is 3. The molecule has 0 fully saturated rings. The number of rotatable bonds is 3. The second-order valence-corrected chi connectivity index (χ2v) is 4.67. The van der Waals surface area contributed by atoms with Gasteiger partial charge in [-0.1, -0.05) is 0 Å². The topological polar surface area (TPSA) is 61.0 Å². The lowest BCUT2D eigenvalue weighted by Gasteiger charge is -2.07. The van der Waals surface area contributed by atoms with Crippen LogP contribution in [0.4, 0.5) is 10.1 Å². The number of nitro groups is 1. The number of hydrogen-bond donors (Lipinski definition) is 0. The molecule has 0 N–H and O–H groups in total. The zero-order chi connectivity index (χ0) is 15.0. The van der Waals surface area contributed by atoms with Gasteiger partial charge in [-0.3, -0.25) is 14.7 Å². The normalized spacial score (nSPS) is 11.0. The molecule has 2 aromatic carbocycles. The fourth-order valence-corrected chi connectivity index (χ4v) is 2.38. The van der Waals surface area contributed by atoms with Crippen LogP contribution < -0.4 is 0 Å². The summed E-state index contributed by atoms with van der Waals surface area (Å²) < 4.78 is 14.8. The van der Waals surface area contributed by atoms with Crippen molar-refractivity contribution in [2.75, 3.05) is 0 Å². The summed E-state index contributed by atoms with van der Waals surface area (Å²) in [7, 11) is 0. The number of nitrogens with zero attached hydrogens (tertiary/aromatic N) is 3. The van der Waals surface area contributed by atoms with Gasteiger partial charge >= 0.3 is 0 Å². The fraction of sp³-hybridized carbons (Fsp3) is 0.0714. The smallest absolute Gasteiger partial charge is 0.271 e. The number of imidazole rings is 1. The maximum atomic E-state index is 13.0. The molecule has 0 aliphatic rings. The van der Waals surface area contributed by atoms with Crippen molar-refractivity contribution in [3.8, 4) is 5.69 Å².